The van der Waals surface area contributed by atoms with Gasteiger partial charge in [-0.15, -0.1) is 0 Å². The third kappa shape index (κ3) is 2.02. The van der Waals surface area contributed by atoms with Crippen LogP contribution in [0.3, 0.4) is 0 Å². The zero-order valence-corrected chi connectivity index (χ0v) is 10.0. The van der Waals surface area contributed by atoms with Gasteiger partial charge in [0.1, 0.15) is 5.82 Å². The van der Waals surface area contributed by atoms with Crippen LogP contribution in [0.2, 0.25) is 0 Å². The molecule has 0 fully saturated rings. The third-order valence-corrected chi connectivity index (χ3v) is 3.14. The molecule has 0 saturated heterocycles. The van der Waals surface area contributed by atoms with Gasteiger partial charge in [-0.05, 0) is 27.7 Å². The first-order chi connectivity index (χ1) is 7.08. The summed E-state index contributed by atoms with van der Waals surface area (Å²) in [7, 11) is 0. The third-order valence-electron chi connectivity index (χ3n) is 3.14. The molecule has 0 radical (unpaired) electrons. The fraction of sp³-hybridized carbons (Fsp3) is 0.667. The molecule has 0 atom stereocenters. The van der Waals surface area contributed by atoms with Crippen molar-refractivity contribution in [2.45, 2.75) is 46.7 Å². The highest BCUT2D eigenvalue weighted by molar-refractivity contribution is 5.27. The molecule has 15 heavy (non-hydrogen) atoms. The summed E-state index contributed by atoms with van der Waals surface area (Å²) in [6, 6.07) is 0.610. The van der Waals surface area contributed by atoms with Crippen LogP contribution < -0.4 is 0 Å². The van der Waals surface area contributed by atoms with E-state index in [0.29, 0.717) is 6.04 Å². The zero-order chi connectivity index (χ0) is 11.0. The van der Waals surface area contributed by atoms with Gasteiger partial charge in [0.25, 0.3) is 0 Å². The van der Waals surface area contributed by atoms with Crippen LogP contribution in [0.25, 0.3) is 0 Å². The fourth-order valence-corrected chi connectivity index (χ4v) is 2.19. The van der Waals surface area contributed by atoms with Crippen LogP contribution in [-0.2, 0) is 13.0 Å². The summed E-state index contributed by atoms with van der Waals surface area (Å²) in [5.41, 5.74) is 3.76. The van der Waals surface area contributed by atoms with Crippen molar-refractivity contribution in [2.24, 2.45) is 0 Å². The predicted octanol–water partition coefficient (Wildman–Crippen LogP) is 1.86. The van der Waals surface area contributed by atoms with Gasteiger partial charge >= 0.3 is 0 Å². The Hall–Kier alpha value is -0.960. The van der Waals surface area contributed by atoms with Gasteiger partial charge in [0.15, 0.2) is 0 Å². The first-order valence-corrected chi connectivity index (χ1v) is 5.65. The van der Waals surface area contributed by atoms with Gasteiger partial charge in [0.2, 0.25) is 0 Å². The molecule has 0 bridgehead atoms. The number of hydrogen-bond acceptors (Lipinski definition) is 3. The number of aromatic nitrogens is 2. The summed E-state index contributed by atoms with van der Waals surface area (Å²) in [6.45, 7) is 10.7. The highest BCUT2D eigenvalue weighted by Gasteiger charge is 2.21. The van der Waals surface area contributed by atoms with E-state index in [9.17, 15) is 0 Å². The van der Waals surface area contributed by atoms with Crippen LogP contribution in [0.4, 0.5) is 0 Å². The Balaban J connectivity index is 2.33. The Bertz CT molecular complexity index is 371. The van der Waals surface area contributed by atoms with Crippen molar-refractivity contribution in [2.75, 3.05) is 6.54 Å². The predicted molar refractivity (Wildman–Crippen MR) is 60.8 cm³/mol. The first-order valence-electron chi connectivity index (χ1n) is 5.65. The van der Waals surface area contributed by atoms with Crippen molar-refractivity contribution in [1.29, 1.82) is 0 Å². The second-order valence-corrected chi connectivity index (χ2v) is 4.60. The van der Waals surface area contributed by atoms with E-state index in [2.05, 4.69) is 35.6 Å². The quantitative estimate of drug-likeness (QED) is 0.700. The van der Waals surface area contributed by atoms with E-state index in [1.54, 1.807) is 0 Å². The molecule has 1 aliphatic heterocycles. The molecular weight excluding hydrogens is 186 g/mol. The Morgan fingerprint density at radius 3 is 2.60 bits per heavy atom. The van der Waals surface area contributed by atoms with Crippen LogP contribution in [-0.4, -0.2) is 27.5 Å². The van der Waals surface area contributed by atoms with Gasteiger partial charge < -0.3 is 0 Å². The Morgan fingerprint density at radius 1 is 1.20 bits per heavy atom. The van der Waals surface area contributed by atoms with Crippen LogP contribution in [0.15, 0.2) is 0 Å². The van der Waals surface area contributed by atoms with E-state index in [4.69, 9.17) is 0 Å². The Labute approximate surface area is 91.5 Å². The van der Waals surface area contributed by atoms with Gasteiger partial charge in [-0.1, -0.05) is 0 Å². The highest BCUT2D eigenvalue weighted by Crippen LogP contribution is 2.21. The molecule has 0 amide bonds. The lowest BCUT2D eigenvalue weighted by atomic mass is 10.0. The number of hydrogen-bond donors (Lipinski definition) is 0. The molecule has 2 rings (SSSR count). The first kappa shape index (κ1) is 10.6. The molecule has 3 heteroatoms. The van der Waals surface area contributed by atoms with Gasteiger partial charge in [-0.2, -0.15) is 0 Å². The molecule has 3 nitrogen and oxygen atoms in total. The van der Waals surface area contributed by atoms with E-state index >= 15 is 0 Å². The van der Waals surface area contributed by atoms with E-state index in [0.717, 1.165) is 31.0 Å². The van der Waals surface area contributed by atoms with Crippen LogP contribution in [0.5, 0.6) is 0 Å². The van der Waals surface area contributed by atoms with Crippen LogP contribution >= 0.6 is 0 Å². The molecule has 0 unspecified atom stereocenters. The van der Waals surface area contributed by atoms with Crippen molar-refractivity contribution in [3.63, 3.8) is 0 Å². The molecule has 0 saturated carbocycles. The summed E-state index contributed by atoms with van der Waals surface area (Å²) in [5.74, 6) is 0.907. The summed E-state index contributed by atoms with van der Waals surface area (Å²) in [5, 5.41) is 0. The number of aryl methyl sites for hydroxylation is 2. The van der Waals surface area contributed by atoms with Crippen LogP contribution in [0.1, 0.15) is 36.6 Å². The largest absolute Gasteiger partial charge is 0.296 e. The summed E-state index contributed by atoms with van der Waals surface area (Å²) in [6.07, 6.45) is 1.07. The fourth-order valence-electron chi connectivity index (χ4n) is 2.19. The zero-order valence-electron chi connectivity index (χ0n) is 10.0. The minimum atomic E-state index is 0.610. The number of fused-ring (bicyclic) bond motifs is 1. The van der Waals surface area contributed by atoms with Gasteiger partial charge in [0.05, 0.1) is 5.69 Å². The van der Waals surface area contributed by atoms with Crippen molar-refractivity contribution in [1.82, 2.24) is 14.9 Å². The second-order valence-electron chi connectivity index (χ2n) is 4.60. The summed E-state index contributed by atoms with van der Waals surface area (Å²) in [4.78, 5) is 11.5. The molecule has 2 heterocycles. The van der Waals surface area contributed by atoms with E-state index in [1.807, 2.05) is 6.92 Å². The van der Waals surface area contributed by atoms with E-state index in [1.165, 1.54) is 11.3 Å². The maximum atomic E-state index is 4.53. The van der Waals surface area contributed by atoms with Crippen LogP contribution in [0, 0.1) is 13.8 Å². The molecule has 0 spiro atoms. The topological polar surface area (TPSA) is 29.0 Å². The average molecular weight is 205 g/mol. The van der Waals surface area contributed by atoms with Gasteiger partial charge in [-0.25, -0.2) is 9.97 Å². The lowest BCUT2D eigenvalue weighted by molar-refractivity contribution is 0.200. The van der Waals surface area contributed by atoms with Crippen molar-refractivity contribution < 1.29 is 0 Å². The molecule has 0 N–H and O–H groups in total. The molecule has 1 aliphatic rings. The van der Waals surface area contributed by atoms with Crippen molar-refractivity contribution in [3.05, 3.63) is 22.8 Å². The molecule has 1 aromatic heterocycles. The maximum absolute atomic E-state index is 4.53. The average Bonchev–Trinajstić information content (AvgIpc) is 2.16. The van der Waals surface area contributed by atoms with Gasteiger partial charge in [0, 0.05) is 36.8 Å². The smallest absolute Gasteiger partial charge is 0.125 e. The van der Waals surface area contributed by atoms with E-state index in [-0.39, 0.29) is 0 Å². The second kappa shape index (κ2) is 3.89. The number of nitrogens with zero attached hydrogens (tertiary/aromatic N) is 3. The monoisotopic (exact) mass is 205 g/mol. The molecule has 82 valence electrons. The van der Waals surface area contributed by atoms with Gasteiger partial charge in [-0.3, -0.25) is 4.90 Å². The maximum Gasteiger partial charge on any atom is 0.125 e. The minimum Gasteiger partial charge on any atom is -0.296 e. The SMILES string of the molecule is Cc1nc(C)c2c(n1)CCN(C(C)C)C2. The molecule has 1 aromatic rings. The number of rotatable bonds is 1. The Morgan fingerprint density at radius 2 is 1.93 bits per heavy atom. The summed E-state index contributed by atoms with van der Waals surface area (Å²) < 4.78 is 0. The van der Waals surface area contributed by atoms with Crippen molar-refractivity contribution in [3.8, 4) is 0 Å². The Kier molecular flexibility index (Phi) is 2.74. The van der Waals surface area contributed by atoms with Crippen molar-refractivity contribution >= 4 is 0 Å². The molecular formula is C12H19N3. The lowest BCUT2D eigenvalue weighted by Gasteiger charge is -2.31. The highest BCUT2D eigenvalue weighted by atomic mass is 15.2. The summed E-state index contributed by atoms with van der Waals surface area (Å²) >= 11 is 0. The molecule has 0 aromatic carbocycles. The minimum absolute atomic E-state index is 0.610. The van der Waals surface area contributed by atoms with E-state index < -0.39 is 0 Å². The lowest BCUT2D eigenvalue weighted by Crippen LogP contribution is -2.37. The standard InChI is InChI=1S/C12H19N3/c1-8(2)15-6-5-12-11(7-15)9(3)13-10(4)14-12/h8H,5-7H2,1-4H3. The normalized spacial score (nSPS) is 16.9. The molecule has 0 aliphatic carbocycles.